The third-order valence-corrected chi connectivity index (χ3v) is 2.74. The van der Waals surface area contributed by atoms with Gasteiger partial charge in [0.05, 0.1) is 12.8 Å². The fourth-order valence-corrected chi connectivity index (χ4v) is 1.89. The van der Waals surface area contributed by atoms with Crippen molar-refractivity contribution in [2.24, 2.45) is 11.7 Å². The van der Waals surface area contributed by atoms with Crippen LogP contribution in [0.25, 0.3) is 0 Å². The van der Waals surface area contributed by atoms with E-state index in [-0.39, 0.29) is 5.69 Å². The van der Waals surface area contributed by atoms with E-state index in [9.17, 15) is 4.79 Å². The molecule has 0 radical (unpaired) electrons. The molecule has 88 valence electrons. The molecule has 0 atom stereocenters. The molecule has 2 rings (SSSR count). The maximum atomic E-state index is 11.3. The number of hydrogen-bond donors (Lipinski definition) is 1. The van der Waals surface area contributed by atoms with Gasteiger partial charge >= 0.3 is 5.97 Å². The summed E-state index contributed by atoms with van der Waals surface area (Å²) < 4.78 is 6.51. The first kappa shape index (κ1) is 11.1. The summed E-state index contributed by atoms with van der Waals surface area (Å²) in [5.74, 6) is 0.144. The predicted molar refractivity (Wildman–Crippen MR) is 56.7 cm³/mol. The van der Waals surface area contributed by atoms with E-state index < -0.39 is 5.97 Å². The number of rotatable bonds is 4. The maximum Gasteiger partial charge on any atom is 0.360 e. The summed E-state index contributed by atoms with van der Waals surface area (Å²) in [6.07, 6.45) is 3.67. The minimum Gasteiger partial charge on any atom is -0.461 e. The first-order chi connectivity index (χ1) is 7.69. The highest BCUT2D eigenvalue weighted by atomic mass is 16.5. The Balaban J connectivity index is 1.89. The summed E-state index contributed by atoms with van der Waals surface area (Å²) in [5.41, 5.74) is 5.97. The molecule has 1 saturated carbocycles. The van der Waals surface area contributed by atoms with E-state index in [4.69, 9.17) is 10.5 Å². The van der Waals surface area contributed by atoms with Crippen LogP contribution in [0.2, 0.25) is 0 Å². The molecule has 6 nitrogen and oxygen atoms in total. The number of carbonyl (C=O) groups excluding carboxylic acids is 1. The summed E-state index contributed by atoms with van der Waals surface area (Å²) in [6, 6.07) is 0.332. The van der Waals surface area contributed by atoms with Crippen LogP contribution in [0.15, 0.2) is 6.20 Å². The van der Waals surface area contributed by atoms with Crippen molar-refractivity contribution in [3.63, 3.8) is 0 Å². The number of carbonyl (C=O) groups is 1. The fourth-order valence-electron chi connectivity index (χ4n) is 1.89. The molecule has 1 heterocycles. The van der Waals surface area contributed by atoms with E-state index in [1.54, 1.807) is 17.8 Å². The van der Waals surface area contributed by atoms with Crippen LogP contribution in [0.3, 0.4) is 0 Å². The van der Waals surface area contributed by atoms with Crippen LogP contribution in [0.1, 0.15) is 30.3 Å². The van der Waals surface area contributed by atoms with Crippen molar-refractivity contribution in [3.8, 4) is 0 Å². The van der Waals surface area contributed by atoms with Gasteiger partial charge in [-0.25, -0.2) is 4.79 Å². The number of ether oxygens (including phenoxy) is 1. The fraction of sp³-hybridized carbons (Fsp3) is 0.700. The molecular formula is C10H16N4O2. The molecule has 0 aromatic carbocycles. The zero-order valence-corrected chi connectivity index (χ0v) is 9.30. The molecule has 6 heteroatoms. The Bertz CT molecular complexity index is 371. The molecule has 16 heavy (non-hydrogen) atoms. The molecule has 0 unspecified atom stereocenters. The minimum atomic E-state index is -0.418. The number of nitrogens with zero attached hydrogens (tertiary/aromatic N) is 3. The molecule has 2 N–H and O–H groups in total. The molecule has 0 saturated heterocycles. The quantitative estimate of drug-likeness (QED) is 0.738. The molecule has 1 aliphatic rings. The molecule has 1 fully saturated rings. The van der Waals surface area contributed by atoms with Gasteiger partial charge in [-0.1, -0.05) is 5.21 Å². The molecule has 0 bridgehead atoms. The highest BCUT2D eigenvalue weighted by Crippen LogP contribution is 2.26. The third kappa shape index (κ3) is 2.38. The van der Waals surface area contributed by atoms with Crippen LogP contribution >= 0.6 is 0 Å². The molecule has 0 spiro atoms. The Morgan fingerprint density at radius 1 is 1.69 bits per heavy atom. The molecule has 0 aliphatic heterocycles. The second kappa shape index (κ2) is 4.61. The van der Waals surface area contributed by atoms with Crippen molar-refractivity contribution in [2.75, 3.05) is 6.61 Å². The molecule has 1 aromatic rings. The topological polar surface area (TPSA) is 83.0 Å². The zero-order valence-electron chi connectivity index (χ0n) is 9.30. The van der Waals surface area contributed by atoms with Crippen molar-refractivity contribution >= 4 is 5.97 Å². The van der Waals surface area contributed by atoms with Crippen LogP contribution in [0, 0.1) is 5.92 Å². The maximum absolute atomic E-state index is 11.3. The van der Waals surface area contributed by atoms with E-state index in [1.807, 2.05) is 0 Å². The molecular weight excluding hydrogens is 208 g/mol. The van der Waals surface area contributed by atoms with Gasteiger partial charge in [-0.3, -0.25) is 4.68 Å². The lowest BCUT2D eigenvalue weighted by Crippen LogP contribution is -2.38. The monoisotopic (exact) mass is 224 g/mol. The van der Waals surface area contributed by atoms with Gasteiger partial charge in [0.1, 0.15) is 0 Å². The standard InChI is InChI=1S/C10H16N4O2/c1-2-16-10(15)9-6-14(13-12-9)5-7-3-8(11)4-7/h6-8H,2-5,11H2,1H3. The Morgan fingerprint density at radius 2 is 2.44 bits per heavy atom. The van der Waals surface area contributed by atoms with Gasteiger partial charge in [0, 0.05) is 12.6 Å². The lowest BCUT2D eigenvalue weighted by molar-refractivity contribution is 0.0519. The summed E-state index contributed by atoms with van der Waals surface area (Å²) in [4.78, 5) is 11.3. The van der Waals surface area contributed by atoms with E-state index in [0.29, 0.717) is 18.6 Å². The van der Waals surface area contributed by atoms with E-state index in [2.05, 4.69) is 10.3 Å². The van der Waals surface area contributed by atoms with Gasteiger partial charge in [0.25, 0.3) is 0 Å². The highest BCUT2D eigenvalue weighted by Gasteiger charge is 2.26. The van der Waals surface area contributed by atoms with E-state index in [0.717, 1.165) is 19.4 Å². The van der Waals surface area contributed by atoms with Gasteiger partial charge in [0.2, 0.25) is 0 Å². The lowest BCUT2D eigenvalue weighted by atomic mass is 9.81. The van der Waals surface area contributed by atoms with Crippen molar-refractivity contribution in [3.05, 3.63) is 11.9 Å². The third-order valence-electron chi connectivity index (χ3n) is 2.74. The minimum absolute atomic E-state index is 0.269. The zero-order chi connectivity index (χ0) is 11.5. The van der Waals surface area contributed by atoms with Crippen molar-refractivity contribution < 1.29 is 9.53 Å². The van der Waals surface area contributed by atoms with E-state index in [1.165, 1.54) is 0 Å². The van der Waals surface area contributed by atoms with Crippen molar-refractivity contribution in [2.45, 2.75) is 32.4 Å². The van der Waals surface area contributed by atoms with Gasteiger partial charge < -0.3 is 10.5 Å². The van der Waals surface area contributed by atoms with Gasteiger partial charge in [-0.15, -0.1) is 5.10 Å². The molecule has 0 amide bonds. The lowest BCUT2D eigenvalue weighted by Gasteiger charge is -2.31. The smallest absolute Gasteiger partial charge is 0.360 e. The van der Waals surface area contributed by atoms with Crippen LogP contribution < -0.4 is 5.73 Å². The Kier molecular flexibility index (Phi) is 3.19. The Morgan fingerprint density at radius 3 is 3.06 bits per heavy atom. The highest BCUT2D eigenvalue weighted by molar-refractivity contribution is 5.86. The van der Waals surface area contributed by atoms with Crippen LogP contribution in [-0.4, -0.2) is 33.6 Å². The SMILES string of the molecule is CCOC(=O)c1cn(CC2CC(N)C2)nn1. The Hall–Kier alpha value is -1.43. The van der Waals surface area contributed by atoms with Gasteiger partial charge in [0.15, 0.2) is 5.69 Å². The normalized spacial score (nSPS) is 23.9. The summed E-state index contributed by atoms with van der Waals surface area (Å²) in [6.45, 7) is 2.89. The van der Waals surface area contributed by atoms with Gasteiger partial charge in [-0.05, 0) is 25.7 Å². The molecule has 1 aromatic heterocycles. The number of esters is 1. The first-order valence-electron chi connectivity index (χ1n) is 5.52. The second-order valence-corrected chi connectivity index (χ2v) is 4.14. The van der Waals surface area contributed by atoms with Gasteiger partial charge in [-0.2, -0.15) is 0 Å². The number of aromatic nitrogens is 3. The van der Waals surface area contributed by atoms with Crippen molar-refractivity contribution in [1.29, 1.82) is 0 Å². The van der Waals surface area contributed by atoms with Crippen LogP contribution in [0.4, 0.5) is 0 Å². The first-order valence-corrected chi connectivity index (χ1v) is 5.52. The van der Waals surface area contributed by atoms with Crippen molar-refractivity contribution in [1.82, 2.24) is 15.0 Å². The van der Waals surface area contributed by atoms with E-state index >= 15 is 0 Å². The average molecular weight is 224 g/mol. The second-order valence-electron chi connectivity index (χ2n) is 4.14. The average Bonchev–Trinajstić information content (AvgIpc) is 2.64. The van der Waals surface area contributed by atoms with Crippen LogP contribution in [-0.2, 0) is 11.3 Å². The predicted octanol–water partition coefficient (Wildman–Crippen LogP) is 0.192. The Labute approximate surface area is 93.8 Å². The molecule has 1 aliphatic carbocycles. The summed E-state index contributed by atoms with van der Waals surface area (Å²) in [7, 11) is 0. The van der Waals surface area contributed by atoms with Crippen LogP contribution in [0.5, 0.6) is 0 Å². The number of nitrogens with two attached hydrogens (primary N) is 1. The number of hydrogen-bond acceptors (Lipinski definition) is 5. The summed E-state index contributed by atoms with van der Waals surface area (Å²) >= 11 is 0. The summed E-state index contributed by atoms with van der Waals surface area (Å²) in [5, 5.41) is 7.66. The largest absolute Gasteiger partial charge is 0.461 e.